The summed E-state index contributed by atoms with van der Waals surface area (Å²) in [5, 5.41) is 29.5. The van der Waals surface area contributed by atoms with Crippen LogP contribution in [0.3, 0.4) is 0 Å². The van der Waals surface area contributed by atoms with E-state index < -0.39 is 6.10 Å². The molecule has 1 fully saturated rings. The molecule has 1 saturated heterocycles. The predicted octanol–water partition coefficient (Wildman–Crippen LogP) is 2.09. The molecule has 0 spiro atoms. The van der Waals surface area contributed by atoms with Gasteiger partial charge in [0.2, 0.25) is 5.95 Å². The van der Waals surface area contributed by atoms with Gasteiger partial charge in [-0.05, 0) is 26.8 Å². The number of halogens is 2. The van der Waals surface area contributed by atoms with Gasteiger partial charge in [0, 0.05) is 31.7 Å². The largest absolute Gasteiger partial charge is 0.394 e. The van der Waals surface area contributed by atoms with E-state index in [0.29, 0.717) is 53.4 Å². The van der Waals surface area contributed by atoms with Gasteiger partial charge < -0.3 is 25.6 Å². The van der Waals surface area contributed by atoms with Gasteiger partial charge in [-0.3, -0.25) is 4.90 Å². The summed E-state index contributed by atoms with van der Waals surface area (Å²) in [7, 11) is 0. The fourth-order valence-electron chi connectivity index (χ4n) is 3.53. The second-order valence-corrected chi connectivity index (χ2v) is 9.60. The van der Waals surface area contributed by atoms with Gasteiger partial charge in [0.25, 0.3) is 0 Å². The van der Waals surface area contributed by atoms with Gasteiger partial charge in [0.15, 0.2) is 5.82 Å². The minimum atomic E-state index is -0.615. The van der Waals surface area contributed by atoms with E-state index in [-0.39, 0.29) is 30.7 Å². The maximum atomic E-state index is 10.3. The number of piperazine rings is 1. The molecule has 2 atom stereocenters. The first kappa shape index (κ1) is 24.9. The second-order valence-electron chi connectivity index (χ2n) is 8.81. The van der Waals surface area contributed by atoms with Crippen molar-refractivity contribution in [3.63, 3.8) is 0 Å². The number of aliphatic hydroxyl groups is 2. The molecule has 1 aromatic heterocycles. The molecule has 4 N–H and O–H groups in total. The third-order valence-corrected chi connectivity index (χ3v) is 5.94. The summed E-state index contributed by atoms with van der Waals surface area (Å²) in [6, 6.07) is 4.91. The van der Waals surface area contributed by atoms with Crippen molar-refractivity contribution in [1.29, 1.82) is 0 Å². The van der Waals surface area contributed by atoms with E-state index in [9.17, 15) is 10.2 Å². The Morgan fingerprint density at radius 2 is 2.00 bits per heavy atom. The van der Waals surface area contributed by atoms with Crippen LogP contribution in [0.2, 0.25) is 10.0 Å². The molecule has 0 saturated carbocycles. The molecular formula is C21H30Cl2N6O3. The highest BCUT2D eigenvalue weighted by molar-refractivity contribution is 6.43. The van der Waals surface area contributed by atoms with E-state index >= 15 is 0 Å². The minimum Gasteiger partial charge on any atom is -0.394 e. The van der Waals surface area contributed by atoms with E-state index in [2.05, 4.69) is 20.1 Å². The molecular weight excluding hydrogens is 455 g/mol. The fourth-order valence-corrected chi connectivity index (χ4v) is 3.92. The summed E-state index contributed by atoms with van der Waals surface area (Å²) in [5.74, 6) is 0.507. The summed E-state index contributed by atoms with van der Waals surface area (Å²) in [4.78, 5) is 8.38. The average molecular weight is 485 g/mol. The van der Waals surface area contributed by atoms with Crippen molar-refractivity contribution in [1.82, 2.24) is 20.1 Å². The molecule has 11 heteroatoms. The molecule has 1 aliphatic heterocycles. The Balaban J connectivity index is 1.68. The summed E-state index contributed by atoms with van der Waals surface area (Å²) in [6.45, 7) is 8.20. The van der Waals surface area contributed by atoms with E-state index in [4.69, 9.17) is 33.7 Å². The number of benzene rings is 1. The van der Waals surface area contributed by atoms with Crippen LogP contribution >= 0.6 is 23.2 Å². The highest BCUT2D eigenvalue weighted by atomic mass is 35.5. The fraction of sp³-hybridized carbons (Fsp3) is 0.571. The predicted molar refractivity (Wildman–Crippen MR) is 126 cm³/mol. The molecule has 1 unspecified atom stereocenters. The number of ether oxygens (including phenoxy) is 1. The zero-order valence-corrected chi connectivity index (χ0v) is 20.0. The van der Waals surface area contributed by atoms with Crippen LogP contribution in [0.5, 0.6) is 0 Å². The minimum absolute atomic E-state index is 0.101. The lowest BCUT2D eigenvalue weighted by Gasteiger charge is -2.41. The Hall–Kier alpha value is -1.75. The van der Waals surface area contributed by atoms with Crippen molar-refractivity contribution in [3.8, 4) is 11.3 Å². The van der Waals surface area contributed by atoms with Crippen LogP contribution < -0.4 is 10.6 Å². The number of hydrogen-bond donors (Lipinski definition) is 3. The number of rotatable bonds is 7. The van der Waals surface area contributed by atoms with Crippen LogP contribution in [0.4, 0.5) is 11.8 Å². The Bertz CT molecular complexity index is 927. The lowest BCUT2D eigenvalue weighted by Crippen LogP contribution is -2.57. The summed E-state index contributed by atoms with van der Waals surface area (Å²) < 4.78 is 5.66. The molecule has 2 heterocycles. The molecule has 3 rings (SSSR count). The van der Waals surface area contributed by atoms with Crippen LogP contribution in [-0.4, -0.2) is 87.4 Å². The van der Waals surface area contributed by atoms with Gasteiger partial charge in [-0.25, -0.2) is 0 Å². The van der Waals surface area contributed by atoms with Crippen LogP contribution in [-0.2, 0) is 4.74 Å². The molecule has 2 aromatic rings. The van der Waals surface area contributed by atoms with Crippen LogP contribution in [0.15, 0.2) is 18.2 Å². The number of nitrogens with two attached hydrogens (primary N) is 1. The quantitative estimate of drug-likeness (QED) is 0.541. The maximum absolute atomic E-state index is 10.3. The summed E-state index contributed by atoms with van der Waals surface area (Å²) in [5.41, 5.74) is 6.76. The van der Waals surface area contributed by atoms with E-state index in [1.807, 2.05) is 25.7 Å². The lowest BCUT2D eigenvalue weighted by atomic mass is 10.1. The average Bonchev–Trinajstić information content (AvgIpc) is 2.74. The van der Waals surface area contributed by atoms with Gasteiger partial charge in [0.1, 0.15) is 5.69 Å². The topological polar surface area (TPSA) is 121 Å². The first-order valence-corrected chi connectivity index (χ1v) is 11.2. The monoisotopic (exact) mass is 484 g/mol. The number of nitrogen functional groups attached to an aromatic ring is 1. The van der Waals surface area contributed by atoms with Crippen molar-refractivity contribution < 1.29 is 14.9 Å². The SMILES string of the molecule is CC(C)(C)OCC(O)CN1CCN(c2nnc(-c3cccc(Cl)c3Cl)c(N)n2)[C@H](CO)C1. The molecule has 1 aromatic carbocycles. The van der Waals surface area contributed by atoms with E-state index in [1.54, 1.807) is 18.2 Å². The van der Waals surface area contributed by atoms with Crippen molar-refractivity contribution in [2.45, 2.75) is 38.5 Å². The van der Waals surface area contributed by atoms with Crippen LogP contribution in [0.1, 0.15) is 20.8 Å². The second kappa shape index (κ2) is 10.5. The molecule has 1 aliphatic rings. The summed E-state index contributed by atoms with van der Waals surface area (Å²) >= 11 is 12.4. The van der Waals surface area contributed by atoms with Gasteiger partial charge in [-0.1, -0.05) is 35.3 Å². The molecule has 0 aliphatic carbocycles. The zero-order valence-electron chi connectivity index (χ0n) is 18.5. The van der Waals surface area contributed by atoms with Crippen molar-refractivity contribution >= 4 is 35.0 Å². The smallest absolute Gasteiger partial charge is 0.247 e. The number of nitrogens with zero attached hydrogens (tertiary/aromatic N) is 5. The molecule has 0 radical (unpaired) electrons. The Labute approximate surface area is 198 Å². The number of anilines is 2. The molecule has 9 nitrogen and oxygen atoms in total. The molecule has 176 valence electrons. The van der Waals surface area contributed by atoms with Crippen molar-refractivity contribution in [2.75, 3.05) is 50.0 Å². The maximum Gasteiger partial charge on any atom is 0.247 e. The lowest BCUT2D eigenvalue weighted by molar-refractivity contribution is -0.0573. The molecule has 32 heavy (non-hydrogen) atoms. The third-order valence-electron chi connectivity index (χ3n) is 5.12. The Kier molecular flexibility index (Phi) is 8.13. The van der Waals surface area contributed by atoms with Gasteiger partial charge in [-0.2, -0.15) is 4.98 Å². The number of hydrogen-bond acceptors (Lipinski definition) is 9. The molecule has 0 bridgehead atoms. The Morgan fingerprint density at radius 3 is 2.66 bits per heavy atom. The van der Waals surface area contributed by atoms with Crippen LogP contribution in [0.25, 0.3) is 11.3 Å². The highest BCUT2D eigenvalue weighted by Gasteiger charge is 2.30. The number of aliphatic hydroxyl groups excluding tert-OH is 2. The van der Waals surface area contributed by atoms with Crippen molar-refractivity contribution in [2.24, 2.45) is 0 Å². The number of β-amino-alcohol motifs (C(OH)–C–C–N with tert-alkyl or cyclic N) is 1. The van der Waals surface area contributed by atoms with Crippen molar-refractivity contribution in [3.05, 3.63) is 28.2 Å². The first-order valence-electron chi connectivity index (χ1n) is 10.5. The third kappa shape index (κ3) is 6.18. The van der Waals surface area contributed by atoms with Gasteiger partial charge in [0.05, 0.1) is 41.0 Å². The van der Waals surface area contributed by atoms with E-state index in [0.717, 1.165) is 0 Å². The zero-order chi connectivity index (χ0) is 23.5. The van der Waals surface area contributed by atoms with Crippen LogP contribution in [0, 0.1) is 0 Å². The van der Waals surface area contributed by atoms with Gasteiger partial charge >= 0.3 is 0 Å². The normalized spacial score (nSPS) is 18.7. The number of aromatic nitrogens is 3. The van der Waals surface area contributed by atoms with E-state index in [1.165, 1.54) is 0 Å². The Morgan fingerprint density at radius 1 is 1.25 bits per heavy atom. The highest BCUT2D eigenvalue weighted by Crippen LogP contribution is 2.34. The first-order chi connectivity index (χ1) is 15.1. The molecule has 0 amide bonds. The summed E-state index contributed by atoms with van der Waals surface area (Å²) in [6.07, 6.45) is -0.615. The standard InChI is InChI=1S/C21H30Cl2N6O3/c1-21(2,3)32-12-14(31)10-28-7-8-29(13(9-28)11-30)20-25-19(24)18(26-27-20)15-5-4-6-16(22)17(15)23/h4-6,13-14,30-31H,7-12H2,1-3H3,(H2,24,25,27)/t13-,14?/m0/s1. The van der Waals surface area contributed by atoms with Gasteiger partial charge in [-0.15, -0.1) is 10.2 Å².